The topological polar surface area (TPSA) is 87.9 Å². The molecule has 45 heavy (non-hydrogen) atoms. The number of ether oxygens (including phenoxy) is 1. The van der Waals surface area contributed by atoms with Crippen LogP contribution in [-0.2, 0) is 0 Å². The lowest BCUT2D eigenvalue weighted by Crippen LogP contribution is -2.41. The van der Waals surface area contributed by atoms with Gasteiger partial charge in [-0.2, -0.15) is 4.99 Å². The number of thioether (sulfide) groups is 1. The van der Waals surface area contributed by atoms with Gasteiger partial charge in [-0.3, -0.25) is 10.3 Å². The summed E-state index contributed by atoms with van der Waals surface area (Å²) in [6.45, 7) is 6.23. The molecular formula is C32H30F3N7O2S. The molecule has 2 aliphatic rings. The predicted octanol–water partition coefficient (Wildman–Crippen LogP) is 7.37. The number of carbonyl (C=O) groups is 1. The molecule has 4 aromatic rings. The number of anilines is 1. The van der Waals surface area contributed by atoms with Crippen LogP contribution in [0.25, 0.3) is 17.1 Å². The molecule has 2 atom stereocenters. The number of nitrogens with one attached hydrogen (secondary N) is 1. The standard InChI is InChI=1S/C32H30F3N7O2S/c1-19-5-14-27-20(2)24-16-41(28(27)15-19)31(45-17-24)37-30(43)39-40(4)21(3)22-6-8-23(9-7-22)29-36-18-42(38-29)25-10-12-26(13-11-25)44-32(33,34)35/h5-16,18,20-21H,17H2,1-4H3,(H,39,43)/b37-31-. The van der Waals surface area contributed by atoms with E-state index in [0.717, 1.165) is 28.1 Å². The largest absolute Gasteiger partial charge is 0.573 e. The van der Waals surface area contributed by atoms with Gasteiger partial charge >= 0.3 is 12.4 Å². The number of hydrogen-bond acceptors (Lipinski definition) is 6. The van der Waals surface area contributed by atoms with Crippen LogP contribution in [0.1, 0.15) is 42.5 Å². The molecule has 1 N–H and O–H groups in total. The third-order valence-corrected chi connectivity index (χ3v) is 8.89. The summed E-state index contributed by atoms with van der Waals surface area (Å²) in [6.07, 6.45) is -1.16. The van der Waals surface area contributed by atoms with Crippen molar-refractivity contribution >= 4 is 28.6 Å². The van der Waals surface area contributed by atoms with Gasteiger partial charge in [-0.25, -0.2) is 19.5 Å². The minimum Gasteiger partial charge on any atom is -0.406 e. The van der Waals surface area contributed by atoms with Gasteiger partial charge in [-0.1, -0.05) is 55.1 Å². The van der Waals surface area contributed by atoms with E-state index >= 15 is 0 Å². The molecule has 2 amide bonds. The van der Waals surface area contributed by atoms with E-state index in [0.29, 0.717) is 22.6 Å². The van der Waals surface area contributed by atoms with Gasteiger partial charge in [0.25, 0.3) is 0 Å². The minimum atomic E-state index is -4.75. The van der Waals surface area contributed by atoms with Crippen LogP contribution in [0, 0.1) is 6.92 Å². The minimum absolute atomic E-state index is 0.170. The Bertz CT molecular complexity index is 1790. The third kappa shape index (κ3) is 6.59. The average Bonchev–Trinajstić information content (AvgIpc) is 3.50. The van der Waals surface area contributed by atoms with Gasteiger partial charge in [-0.15, -0.1) is 18.3 Å². The number of aromatic nitrogens is 3. The zero-order valence-corrected chi connectivity index (χ0v) is 25.7. The zero-order valence-electron chi connectivity index (χ0n) is 24.9. The second-order valence-electron chi connectivity index (χ2n) is 10.9. The molecule has 0 aliphatic carbocycles. The van der Waals surface area contributed by atoms with Crippen LogP contribution in [0.4, 0.5) is 23.7 Å². The number of carbonyl (C=O) groups excluding carboxylic acids is 1. The fourth-order valence-electron chi connectivity index (χ4n) is 5.21. The maximum atomic E-state index is 13.0. The molecular weight excluding hydrogens is 603 g/mol. The summed E-state index contributed by atoms with van der Waals surface area (Å²) >= 11 is 1.56. The van der Waals surface area contributed by atoms with E-state index in [1.165, 1.54) is 46.4 Å². The first kappa shape index (κ1) is 30.4. The van der Waals surface area contributed by atoms with Gasteiger partial charge < -0.3 is 4.74 Å². The molecule has 232 valence electrons. The Morgan fingerprint density at radius 2 is 1.87 bits per heavy atom. The Kier molecular flexibility index (Phi) is 8.14. The second-order valence-corrected chi connectivity index (χ2v) is 11.9. The van der Waals surface area contributed by atoms with Gasteiger partial charge in [-0.05, 0) is 66.4 Å². The molecule has 2 aliphatic heterocycles. The Balaban J connectivity index is 1.10. The quantitative estimate of drug-likeness (QED) is 0.222. The van der Waals surface area contributed by atoms with Crippen LogP contribution in [0.5, 0.6) is 5.75 Å². The first-order valence-electron chi connectivity index (χ1n) is 14.2. The third-order valence-electron chi connectivity index (χ3n) is 7.87. The lowest BCUT2D eigenvalue weighted by molar-refractivity contribution is -0.274. The summed E-state index contributed by atoms with van der Waals surface area (Å²) in [4.78, 5) is 23.8. The van der Waals surface area contributed by atoms with Gasteiger partial charge in [0.05, 0.1) is 17.4 Å². The number of aryl methyl sites for hydroxylation is 1. The lowest BCUT2D eigenvalue weighted by Gasteiger charge is -2.37. The van der Waals surface area contributed by atoms with E-state index < -0.39 is 12.4 Å². The molecule has 9 nitrogen and oxygen atoms in total. The first-order valence-corrected chi connectivity index (χ1v) is 15.2. The summed E-state index contributed by atoms with van der Waals surface area (Å²) in [5, 5.41) is 6.81. The van der Waals surface area contributed by atoms with E-state index in [1.54, 1.807) is 23.8 Å². The van der Waals surface area contributed by atoms with E-state index in [-0.39, 0.29) is 11.8 Å². The number of amidine groups is 1. The number of hydrogen-bond donors (Lipinski definition) is 1. The molecule has 2 unspecified atom stereocenters. The van der Waals surface area contributed by atoms with Gasteiger partial charge in [0.1, 0.15) is 12.1 Å². The van der Waals surface area contributed by atoms with E-state index in [9.17, 15) is 18.0 Å². The molecule has 0 spiro atoms. The molecule has 3 aromatic carbocycles. The van der Waals surface area contributed by atoms with Crippen molar-refractivity contribution in [1.29, 1.82) is 0 Å². The van der Waals surface area contributed by atoms with Gasteiger partial charge in [0.2, 0.25) is 0 Å². The number of alkyl halides is 3. The summed E-state index contributed by atoms with van der Waals surface area (Å²) in [7, 11) is 1.79. The smallest absolute Gasteiger partial charge is 0.406 e. The number of fused-ring (bicyclic) bond motifs is 3. The van der Waals surface area contributed by atoms with Crippen molar-refractivity contribution < 1.29 is 22.7 Å². The van der Waals surface area contributed by atoms with E-state index in [1.807, 2.05) is 36.1 Å². The first-order chi connectivity index (χ1) is 21.4. The highest BCUT2D eigenvalue weighted by molar-refractivity contribution is 8.14. The van der Waals surface area contributed by atoms with Gasteiger partial charge in [0, 0.05) is 30.5 Å². The molecule has 6 rings (SSSR count). The van der Waals surface area contributed by atoms with E-state index in [4.69, 9.17) is 0 Å². The Labute approximate surface area is 262 Å². The Hall–Kier alpha value is -4.62. The van der Waals surface area contributed by atoms with Crippen LogP contribution in [0.3, 0.4) is 0 Å². The van der Waals surface area contributed by atoms with Crippen LogP contribution < -0.4 is 15.1 Å². The summed E-state index contributed by atoms with van der Waals surface area (Å²) < 4.78 is 42.7. The Morgan fingerprint density at radius 1 is 1.13 bits per heavy atom. The van der Waals surface area contributed by atoms with Crippen molar-refractivity contribution in [3.05, 3.63) is 102 Å². The lowest BCUT2D eigenvalue weighted by atomic mass is 9.89. The van der Waals surface area contributed by atoms with Crippen molar-refractivity contribution in [2.45, 2.75) is 39.1 Å². The van der Waals surface area contributed by atoms with Gasteiger partial charge in [0.15, 0.2) is 11.0 Å². The predicted molar refractivity (Wildman–Crippen MR) is 168 cm³/mol. The second kappa shape index (κ2) is 12.1. The number of rotatable bonds is 6. The normalized spacial score (nSPS) is 17.6. The number of halogens is 3. The number of urea groups is 1. The van der Waals surface area contributed by atoms with Crippen LogP contribution in [0.2, 0.25) is 0 Å². The molecule has 1 aromatic heterocycles. The average molecular weight is 634 g/mol. The highest BCUT2D eigenvalue weighted by Crippen LogP contribution is 2.43. The summed E-state index contributed by atoms with van der Waals surface area (Å²) in [6, 6.07) is 18.7. The number of benzene rings is 3. The number of nitrogens with zero attached hydrogens (tertiary/aromatic N) is 6. The van der Waals surface area contributed by atoms with Crippen molar-refractivity contribution in [3.63, 3.8) is 0 Å². The molecule has 2 bridgehead atoms. The number of amides is 2. The molecule has 13 heteroatoms. The fraction of sp³-hybridized carbons (Fsp3) is 0.250. The SMILES string of the molecule is Cc1ccc2c(c1)N1C=C(CS/C1=N\C(=O)NN(C)C(C)c1ccc(-c3ncn(-c4ccc(OC(F)(F)F)cc4)n3)cc1)C2C. The maximum Gasteiger partial charge on any atom is 0.573 e. The number of aliphatic imine (C=N–C) groups is 1. The van der Waals surface area contributed by atoms with Crippen LogP contribution >= 0.6 is 11.8 Å². The molecule has 0 saturated heterocycles. The molecule has 3 heterocycles. The van der Waals surface area contributed by atoms with Crippen molar-refractivity contribution in [2.75, 3.05) is 17.7 Å². The van der Waals surface area contributed by atoms with Crippen molar-refractivity contribution in [2.24, 2.45) is 4.99 Å². The van der Waals surface area contributed by atoms with Crippen LogP contribution in [-0.4, -0.2) is 50.1 Å². The van der Waals surface area contributed by atoms with Crippen molar-refractivity contribution in [1.82, 2.24) is 25.2 Å². The fourth-order valence-corrected chi connectivity index (χ4v) is 6.27. The highest BCUT2D eigenvalue weighted by atomic mass is 32.2. The van der Waals surface area contributed by atoms with Crippen LogP contribution in [0.15, 0.2) is 89.8 Å². The molecule has 0 radical (unpaired) electrons. The maximum absolute atomic E-state index is 13.0. The highest BCUT2D eigenvalue weighted by Gasteiger charge is 2.32. The number of hydrazine groups is 1. The van der Waals surface area contributed by atoms with E-state index in [2.05, 4.69) is 63.5 Å². The zero-order chi connectivity index (χ0) is 31.9. The molecule has 0 saturated carbocycles. The monoisotopic (exact) mass is 633 g/mol. The summed E-state index contributed by atoms with van der Waals surface area (Å²) in [5.74, 6) is 1.25. The van der Waals surface area contributed by atoms with Crippen molar-refractivity contribution in [3.8, 4) is 22.8 Å². The molecule has 0 fully saturated rings. The Morgan fingerprint density at radius 3 is 2.58 bits per heavy atom. The summed E-state index contributed by atoms with van der Waals surface area (Å²) in [5.41, 5.74) is 9.85.